The van der Waals surface area contributed by atoms with E-state index in [2.05, 4.69) is 43.6 Å². The molecular weight excluding hydrogens is 441 g/mol. The van der Waals surface area contributed by atoms with Crippen LogP contribution in [0.25, 0.3) is 28.0 Å². The van der Waals surface area contributed by atoms with Crippen molar-refractivity contribution in [1.29, 1.82) is 5.41 Å². The molecule has 1 aliphatic rings. The smallest absolute Gasteiger partial charge is 0.154 e. The minimum atomic E-state index is -0.360. The van der Waals surface area contributed by atoms with Gasteiger partial charge in [-0.3, -0.25) is 5.41 Å². The summed E-state index contributed by atoms with van der Waals surface area (Å²) in [7, 11) is 0. The quantitative estimate of drug-likeness (QED) is 0.255. The van der Waals surface area contributed by atoms with Crippen LogP contribution >= 0.6 is 11.3 Å². The number of para-hydroxylation sites is 1. The number of ether oxygens (including phenoxy) is 1. The van der Waals surface area contributed by atoms with Gasteiger partial charge in [-0.05, 0) is 25.1 Å². The second-order valence-electron chi connectivity index (χ2n) is 7.81. The molecule has 0 atom stereocenters. The van der Waals surface area contributed by atoms with Crippen molar-refractivity contribution < 1.29 is 9.13 Å². The molecule has 0 saturated carbocycles. The van der Waals surface area contributed by atoms with Crippen molar-refractivity contribution in [2.45, 2.75) is 13.5 Å². The third-order valence-corrected chi connectivity index (χ3v) is 6.33. The highest BCUT2D eigenvalue weighted by Gasteiger charge is 2.16. The summed E-state index contributed by atoms with van der Waals surface area (Å²) in [6.07, 6.45) is 3.55. The van der Waals surface area contributed by atoms with E-state index in [1.807, 2.05) is 4.90 Å². The van der Waals surface area contributed by atoms with E-state index in [-0.39, 0.29) is 5.82 Å². The highest BCUT2D eigenvalue weighted by atomic mass is 32.1. The van der Waals surface area contributed by atoms with Gasteiger partial charge in [-0.25, -0.2) is 14.4 Å². The molecule has 0 radical (unpaired) electrons. The number of aromatic nitrogens is 4. The molecule has 5 rings (SSSR count). The third-order valence-electron chi connectivity index (χ3n) is 5.46. The van der Waals surface area contributed by atoms with E-state index in [1.54, 1.807) is 35.7 Å². The van der Waals surface area contributed by atoms with Crippen molar-refractivity contribution >= 4 is 33.9 Å². The van der Waals surface area contributed by atoms with Crippen LogP contribution in [0.5, 0.6) is 0 Å². The van der Waals surface area contributed by atoms with Gasteiger partial charge in [-0.2, -0.15) is 0 Å². The molecule has 10 heteroatoms. The Kier molecular flexibility index (Phi) is 5.93. The Labute approximate surface area is 194 Å². The number of thiophene rings is 1. The monoisotopic (exact) mass is 465 g/mol. The molecule has 0 amide bonds. The molecule has 170 valence electrons. The van der Waals surface area contributed by atoms with E-state index >= 15 is 0 Å². The summed E-state index contributed by atoms with van der Waals surface area (Å²) in [5, 5.41) is 14.0. The summed E-state index contributed by atoms with van der Waals surface area (Å²) >= 11 is 1.68. The van der Waals surface area contributed by atoms with Crippen LogP contribution in [0.1, 0.15) is 16.5 Å². The Morgan fingerprint density at radius 2 is 2.18 bits per heavy atom. The van der Waals surface area contributed by atoms with Gasteiger partial charge in [0, 0.05) is 35.0 Å². The van der Waals surface area contributed by atoms with Crippen LogP contribution in [-0.2, 0) is 11.3 Å². The molecule has 1 aromatic carbocycles. The first-order valence-corrected chi connectivity index (χ1v) is 11.6. The van der Waals surface area contributed by atoms with Crippen molar-refractivity contribution in [3.63, 3.8) is 0 Å². The maximum Gasteiger partial charge on any atom is 0.154 e. The molecule has 1 fully saturated rings. The lowest BCUT2D eigenvalue weighted by molar-refractivity contribution is 0.0681. The zero-order valence-electron chi connectivity index (χ0n) is 18.1. The van der Waals surface area contributed by atoms with E-state index in [0.29, 0.717) is 67.1 Å². The van der Waals surface area contributed by atoms with Gasteiger partial charge in [0.05, 0.1) is 42.9 Å². The fraction of sp³-hybridized carbons (Fsp3) is 0.261. The van der Waals surface area contributed by atoms with Gasteiger partial charge in [-0.15, -0.1) is 11.3 Å². The predicted molar refractivity (Wildman–Crippen MR) is 128 cm³/mol. The molecule has 0 unspecified atom stereocenters. The van der Waals surface area contributed by atoms with Crippen LogP contribution < -0.4 is 5.32 Å². The van der Waals surface area contributed by atoms with E-state index in [4.69, 9.17) is 10.1 Å². The predicted octanol–water partition coefficient (Wildman–Crippen LogP) is 3.90. The van der Waals surface area contributed by atoms with Crippen LogP contribution in [0.15, 0.2) is 41.9 Å². The van der Waals surface area contributed by atoms with Gasteiger partial charge >= 0.3 is 0 Å². The molecule has 4 heterocycles. The van der Waals surface area contributed by atoms with Crippen LogP contribution in [-0.4, -0.2) is 57.0 Å². The summed E-state index contributed by atoms with van der Waals surface area (Å²) in [5.74, 6) is 1.23. The van der Waals surface area contributed by atoms with E-state index < -0.39 is 0 Å². The molecular formula is C23H24FN7OS. The number of amidine groups is 1. The van der Waals surface area contributed by atoms with Gasteiger partial charge < -0.3 is 24.9 Å². The number of nitrogens with zero attached hydrogens (tertiary/aromatic N) is 3. The zero-order valence-corrected chi connectivity index (χ0v) is 18.9. The number of imidazole rings is 2. The molecule has 1 aliphatic heterocycles. The number of benzene rings is 1. The molecule has 0 aliphatic carbocycles. The van der Waals surface area contributed by atoms with Gasteiger partial charge in [0.25, 0.3) is 0 Å². The van der Waals surface area contributed by atoms with Gasteiger partial charge in [0.2, 0.25) is 0 Å². The van der Waals surface area contributed by atoms with Crippen molar-refractivity contribution in [3.05, 3.63) is 64.3 Å². The summed E-state index contributed by atoms with van der Waals surface area (Å²) in [6.45, 7) is 4.94. The van der Waals surface area contributed by atoms with E-state index in [1.165, 1.54) is 10.9 Å². The number of H-pyrrole nitrogens is 2. The topological polar surface area (TPSA) is 106 Å². The molecule has 33 heavy (non-hydrogen) atoms. The summed E-state index contributed by atoms with van der Waals surface area (Å²) in [4.78, 5) is 18.6. The maximum absolute atomic E-state index is 14.0. The molecule has 0 bridgehead atoms. The first-order valence-electron chi connectivity index (χ1n) is 10.7. The van der Waals surface area contributed by atoms with Gasteiger partial charge in [0.1, 0.15) is 17.2 Å². The average Bonchev–Trinajstić information content (AvgIpc) is 3.57. The number of nitrogens with one attached hydrogen (secondary N) is 4. The fourth-order valence-electron chi connectivity index (χ4n) is 3.74. The SMILES string of the molecule is Cc1cc(-c2cnc(/C(=C\C(=N)N3CCOCC3)NCc3nc4c(F)cccc4[nH]3)[nH]2)cs1. The van der Waals surface area contributed by atoms with Gasteiger partial charge in [0.15, 0.2) is 11.6 Å². The molecule has 1 saturated heterocycles. The second kappa shape index (κ2) is 9.16. The molecule has 0 spiro atoms. The molecule has 8 nitrogen and oxygen atoms in total. The lowest BCUT2D eigenvalue weighted by atomic mass is 10.2. The van der Waals surface area contributed by atoms with Crippen LogP contribution in [0, 0.1) is 18.2 Å². The molecule has 4 aromatic rings. The van der Waals surface area contributed by atoms with Crippen molar-refractivity contribution in [3.8, 4) is 11.3 Å². The third kappa shape index (κ3) is 4.67. The molecule has 4 N–H and O–H groups in total. The Bertz CT molecular complexity index is 1320. The number of aromatic amines is 2. The number of halogens is 1. The lowest BCUT2D eigenvalue weighted by Gasteiger charge is -2.28. The minimum absolute atomic E-state index is 0.314. The number of hydrogen-bond acceptors (Lipinski definition) is 6. The second-order valence-corrected chi connectivity index (χ2v) is 8.92. The Morgan fingerprint density at radius 1 is 1.33 bits per heavy atom. The molecule has 3 aromatic heterocycles. The summed E-state index contributed by atoms with van der Waals surface area (Å²) in [5.41, 5.74) is 3.60. The van der Waals surface area contributed by atoms with Crippen LogP contribution in [0.4, 0.5) is 4.39 Å². The van der Waals surface area contributed by atoms with Crippen LogP contribution in [0.2, 0.25) is 0 Å². The Morgan fingerprint density at radius 3 is 2.94 bits per heavy atom. The Balaban J connectivity index is 1.41. The van der Waals surface area contributed by atoms with Crippen molar-refractivity contribution in [2.24, 2.45) is 0 Å². The maximum atomic E-state index is 14.0. The normalized spacial score (nSPS) is 14.7. The van der Waals surface area contributed by atoms with Gasteiger partial charge in [-0.1, -0.05) is 6.07 Å². The van der Waals surface area contributed by atoms with Crippen LogP contribution in [0.3, 0.4) is 0 Å². The zero-order chi connectivity index (χ0) is 22.8. The standard InChI is InChI=1S/C23H24FN7OS/c1-14-9-15(13-33-14)19-11-27-23(29-19)18(10-20(25)31-5-7-32-8-6-31)26-12-21-28-17-4-2-3-16(24)22(17)30-21/h2-4,9-11,13,25-26H,5-8,12H2,1H3,(H,27,29)(H,28,30)/b18-10+,25-20?. The average molecular weight is 466 g/mol. The minimum Gasteiger partial charge on any atom is -0.378 e. The summed E-state index contributed by atoms with van der Waals surface area (Å²) < 4.78 is 19.4. The number of hydrogen-bond donors (Lipinski definition) is 4. The number of rotatable bonds is 6. The number of morpholine rings is 1. The lowest BCUT2D eigenvalue weighted by Crippen LogP contribution is -2.39. The fourth-order valence-corrected chi connectivity index (χ4v) is 4.44. The number of aryl methyl sites for hydroxylation is 1. The highest BCUT2D eigenvalue weighted by Crippen LogP contribution is 2.25. The van der Waals surface area contributed by atoms with Crippen molar-refractivity contribution in [1.82, 2.24) is 30.2 Å². The summed E-state index contributed by atoms with van der Waals surface area (Å²) in [6, 6.07) is 6.95. The first kappa shape index (κ1) is 21.4. The highest BCUT2D eigenvalue weighted by molar-refractivity contribution is 7.10. The van der Waals surface area contributed by atoms with E-state index in [0.717, 1.165) is 11.3 Å². The number of fused-ring (bicyclic) bond motifs is 1. The van der Waals surface area contributed by atoms with E-state index in [9.17, 15) is 4.39 Å². The Hall–Kier alpha value is -3.50. The largest absolute Gasteiger partial charge is 0.378 e. The van der Waals surface area contributed by atoms with Crippen molar-refractivity contribution in [2.75, 3.05) is 26.3 Å². The first-order chi connectivity index (χ1) is 16.1.